The number of hydrogen-bond donors (Lipinski definition) is 1. The first-order valence-electron chi connectivity index (χ1n) is 6.24. The summed E-state index contributed by atoms with van der Waals surface area (Å²) in [6, 6.07) is 4.22. The molecule has 8 heteroatoms. The van der Waals surface area contributed by atoms with Crippen LogP contribution < -0.4 is 5.32 Å². The van der Waals surface area contributed by atoms with Crippen molar-refractivity contribution in [2.75, 3.05) is 5.32 Å². The highest BCUT2D eigenvalue weighted by molar-refractivity contribution is 7.13. The van der Waals surface area contributed by atoms with E-state index in [0.717, 1.165) is 0 Å². The van der Waals surface area contributed by atoms with Gasteiger partial charge in [0.2, 0.25) is 0 Å². The number of nitrogens with zero attached hydrogens (tertiary/aromatic N) is 3. The largest absolute Gasteiger partial charge is 0.318 e. The SMILES string of the molecule is Cn1cc(NC(=O)c2csc(-c3cc(Cl)ccc3F)n2)cn1. The van der Waals surface area contributed by atoms with Gasteiger partial charge in [-0.25, -0.2) is 9.37 Å². The Morgan fingerprint density at radius 1 is 1.45 bits per heavy atom. The Balaban J connectivity index is 1.84. The maximum Gasteiger partial charge on any atom is 0.275 e. The van der Waals surface area contributed by atoms with Crippen LogP contribution in [0, 0.1) is 5.82 Å². The topological polar surface area (TPSA) is 59.8 Å². The molecule has 112 valence electrons. The van der Waals surface area contributed by atoms with Crippen molar-refractivity contribution in [1.29, 1.82) is 0 Å². The number of halogens is 2. The minimum atomic E-state index is -0.432. The average Bonchev–Trinajstić information content (AvgIpc) is 3.11. The van der Waals surface area contributed by atoms with Crippen LogP contribution in [0.1, 0.15) is 10.5 Å². The van der Waals surface area contributed by atoms with E-state index >= 15 is 0 Å². The first kappa shape index (κ1) is 14.7. The zero-order valence-electron chi connectivity index (χ0n) is 11.4. The van der Waals surface area contributed by atoms with Crippen LogP contribution in [0.3, 0.4) is 0 Å². The fourth-order valence-electron chi connectivity index (χ4n) is 1.84. The summed E-state index contributed by atoms with van der Waals surface area (Å²) in [6.07, 6.45) is 3.20. The summed E-state index contributed by atoms with van der Waals surface area (Å²) in [5.74, 6) is -0.809. The highest BCUT2D eigenvalue weighted by Gasteiger charge is 2.15. The molecule has 3 aromatic rings. The number of thiazole rings is 1. The molecule has 0 saturated heterocycles. The van der Waals surface area contributed by atoms with Crippen molar-refractivity contribution < 1.29 is 9.18 Å². The molecule has 0 bridgehead atoms. The van der Waals surface area contributed by atoms with Crippen molar-refractivity contribution in [2.24, 2.45) is 7.05 Å². The maximum atomic E-state index is 13.8. The first-order chi connectivity index (χ1) is 10.5. The third kappa shape index (κ3) is 3.00. The van der Waals surface area contributed by atoms with Crippen LogP contribution in [0.15, 0.2) is 36.0 Å². The molecule has 0 fully saturated rings. The number of amides is 1. The molecule has 5 nitrogen and oxygen atoms in total. The number of benzene rings is 1. The molecule has 1 amide bonds. The Morgan fingerprint density at radius 3 is 3.00 bits per heavy atom. The molecule has 1 aromatic carbocycles. The normalized spacial score (nSPS) is 10.7. The molecule has 0 atom stereocenters. The summed E-state index contributed by atoms with van der Waals surface area (Å²) >= 11 is 7.05. The lowest BCUT2D eigenvalue weighted by molar-refractivity contribution is 0.102. The van der Waals surface area contributed by atoms with E-state index in [4.69, 9.17) is 11.6 Å². The van der Waals surface area contributed by atoms with Crippen molar-refractivity contribution >= 4 is 34.5 Å². The first-order valence-corrected chi connectivity index (χ1v) is 7.49. The number of carbonyl (C=O) groups excluding carboxylic acids is 1. The fourth-order valence-corrected chi connectivity index (χ4v) is 2.83. The van der Waals surface area contributed by atoms with Gasteiger partial charge in [0.25, 0.3) is 5.91 Å². The van der Waals surface area contributed by atoms with E-state index < -0.39 is 5.82 Å². The average molecular weight is 337 g/mol. The van der Waals surface area contributed by atoms with Gasteiger partial charge in [0.1, 0.15) is 16.5 Å². The van der Waals surface area contributed by atoms with Gasteiger partial charge in [-0.05, 0) is 18.2 Å². The molecule has 2 heterocycles. The smallest absolute Gasteiger partial charge is 0.275 e. The number of rotatable bonds is 3. The van der Waals surface area contributed by atoms with Crippen LogP contribution in [0.5, 0.6) is 0 Å². The van der Waals surface area contributed by atoms with E-state index in [0.29, 0.717) is 15.7 Å². The molecular formula is C14H10ClFN4OS. The zero-order chi connectivity index (χ0) is 15.7. The van der Waals surface area contributed by atoms with Gasteiger partial charge >= 0.3 is 0 Å². The number of anilines is 1. The molecule has 2 aromatic heterocycles. The lowest BCUT2D eigenvalue weighted by Crippen LogP contribution is -2.11. The van der Waals surface area contributed by atoms with Crippen LogP contribution in [-0.4, -0.2) is 20.7 Å². The lowest BCUT2D eigenvalue weighted by Gasteiger charge is -2.00. The molecule has 1 N–H and O–H groups in total. The van der Waals surface area contributed by atoms with Crippen LogP contribution in [0.2, 0.25) is 5.02 Å². The van der Waals surface area contributed by atoms with Crippen LogP contribution in [0.25, 0.3) is 10.6 Å². The van der Waals surface area contributed by atoms with Gasteiger partial charge < -0.3 is 5.32 Å². The van der Waals surface area contributed by atoms with E-state index in [-0.39, 0.29) is 17.2 Å². The second-order valence-electron chi connectivity index (χ2n) is 4.52. The summed E-state index contributed by atoms with van der Waals surface area (Å²) in [5, 5.41) is 9.01. The lowest BCUT2D eigenvalue weighted by atomic mass is 10.2. The monoisotopic (exact) mass is 336 g/mol. The second-order valence-corrected chi connectivity index (χ2v) is 5.81. The van der Waals surface area contributed by atoms with Gasteiger partial charge in [0, 0.05) is 29.2 Å². The summed E-state index contributed by atoms with van der Waals surface area (Å²) in [6.45, 7) is 0. The van der Waals surface area contributed by atoms with Gasteiger partial charge in [-0.15, -0.1) is 11.3 Å². The minimum absolute atomic E-state index is 0.211. The Bertz CT molecular complexity index is 845. The van der Waals surface area contributed by atoms with Gasteiger partial charge in [-0.1, -0.05) is 11.6 Å². The fraction of sp³-hybridized carbons (Fsp3) is 0.0714. The predicted molar refractivity (Wildman–Crippen MR) is 83.7 cm³/mol. The van der Waals surface area contributed by atoms with Gasteiger partial charge in [0.05, 0.1) is 11.9 Å². The van der Waals surface area contributed by atoms with E-state index in [1.165, 1.54) is 35.7 Å². The van der Waals surface area contributed by atoms with Crippen molar-refractivity contribution in [3.8, 4) is 10.6 Å². The van der Waals surface area contributed by atoms with E-state index in [1.54, 1.807) is 23.3 Å². The third-order valence-corrected chi connectivity index (χ3v) is 3.97. The standard InChI is InChI=1S/C14H10ClFN4OS/c1-20-6-9(5-17-20)18-13(21)12-7-22-14(19-12)10-4-8(15)2-3-11(10)16/h2-7H,1H3,(H,18,21). The van der Waals surface area contributed by atoms with Crippen LogP contribution in [0.4, 0.5) is 10.1 Å². The summed E-state index contributed by atoms with van der Waals surface area (Å²) in [7, 11) is 1.75. The second kappa shape index (κ2) is 5.86. The van der Waals surface area contributed by atoms with Gasteiger partial charge in [0.15, 0.2) is 0 Å². The van der Waals surface area contributed by atoms with Crippen LogP contribution >= 0.6 is 22.9 Å². The molecule has 0 aliphatic heterocycles. The Hall–Kier alpha value is -2.25. The predicted octanol–water partition coefficient (Wildman–Crippen LogP) is 3.59. The number of hydrogen-bond acceptors (Lipinski definition) is 4. The molecule has 0 aliphatic carbocycles. The number of aryl methyl sites for hydroxylation is 1. The van der Waals surface area contributed by atoms with Crippen LogP contribution in [-0.2, 0) is 7.05 Å². The van der Waals surface area contributed by atoms with E-state index in [9.17, 15) is 9.18 Å². The molecule has 0 unspecified atom stereocenters. The summed E-state index contributed by atoms with van der Waals surface area (Å²) < 4.78 is 15.4. The van der Waals surface area contributed by atoms with Crippen molar-refractivity contribution in [3.63, 3.8) is 0 Å². The Kier molecular flexibility index (Phi) is 3.91. The molecule has 0 aliphatic rings. The molecular weight excluding hydrogens is 327 g/mol. The van der Waals surface area contributed by atoms with Gasteiger partial charge in [-0.3, -0.25) is 9.48 Å². The minimum Gasteiger partial charge on any atom is -0.318 e. The number of nitrogens with one attached hydrogen (secondary N) is 1. The zero-order valence-corrected chi connectivity index (χ0v) is 13.0. The Labute approximate surface area is 134 Å². The molecule has 0 saturated carbocycles. The number of aromatic nitrogens is 3. The van der Waals surface area contributed by atoms with Crippen molar-refractivity contribution in [2.45, 2.75) is 0 Å². The van der Waals surface area contributed by atoms with E-state index in [1.807, 2.05) is 0 Å². The quantitative estimate of drug-likeness (QED) is 0.795. The third-order valence-electron chi connectivity index (χ3n) is 2.86. The molecule has 22 heavy (non-hydrogen) atoms. The van der Waals surface area contributed by atoms with Gasteiger partial charge in [-0.2, -0.15) is 5.10 Å². The molecule has 0 spiro atoms. The van der Waals surface area contributed by atoms with Crippen molar-refractivity contribution in [1.82, 2.24) is 14.8 Å². The summed E-state index contributed by atoms with van der Waals surface area (Å²) in [4.78, 5) is 16.3. The Morgan fingerprint density at radius 2 is 2.27 bits per heavy atom. The van der Waals surface area contributed by atoms with E-state index in [2.05, 4.69) is 15.4 Å². The highest BCUT2D eigenvalue weighted by Crippen LogP contribution is 2.29. The number of carbonyl (C=O) groups is 1. The van der Waals surface area contributed by atoms with Crippen molar-refractivity contribution in [3.05, 3.63) is 52.5 Å². The highest BCUT2D eigenvalue weighted by atomic mass is 35.5. The molecule has 0 radical (unpaired) electrons. The maximum absolute atomic E-state index is 13.8. The summed E-state index contributed by atoms with van der Waals surface area (Å²) in [5.41, 5.74) is 1.05. The molecule has 3 rings (SSSR count).